The molecule has 0 unspecified atom stereocenters. The van der Waals surface area contributed by atoms with Gasteiger partial charge in [-0.3, -0.25) is 4.98 Å². The topological polar surface area (TPSA) is 31.0 Å². The van der Waals surface area contributed by atoms with Crippen molar-refractivity contribution in [2.24, 2.45) is 0 Å². The van der Waals surface area contributed by atoms with Crippen LogP contribution in [0.3, 0.4) is 0 Å². The molecule has 0 spiro atoms. The van der Waals surface area contributed by atoms with Gasteiger partial charge in [0.15, 0.2) is 0 Å². The highest BCUT2D eigenvalue weighted by Gasteiger charge is 2.14. The Balaban J connectivity index is 1.62. The van der Waals surface area contributed by atoms with Crippen LogP contribution >= 0.6 is 0 Å². The van der Waals surface area contributed by atoms with Gasteiger partial charge in [-0.25, -0.2) is 0 Å². The minimum absolute atomic E-state index is 0.906. The maximum Gasteiger partial charge on any atom is 0.135 e. The third kappa shape index (κ3) is 2.20. The van der Waals surface area contributed by atoms with Crippen molar-refractivity contribution in [1.29, 1.82) is 0 Å². The van der Waals surface area contributed by atoms with E-state index in [-0.39, 0.29) is 0 Å². The molecule has 0 aliphatic heterocycles. The molecule has 0 N–H and O–H groups in total. The first kappa shape index (κ1) is 15.2. The first-order valence-corrected chi connectivity index (χ1v) is 9.30. The number of rotatable bonds is 2. The van der Waals surface area contributed by atoms with Crippen LogP contribution in [0.15, 0.2) is 102 Å². The van der Waals surface area contributed by atoms with Crippen LogP contribution in [-0.2, 0) is 0 Å². The maximum absolute atomic E-state index is 5.67. The Morgan fingerprint density at radius 3 is 2.46 bits per heavy atom. The van der Waals surface area contributed by atoms with Crippen molar-refractivity contribution < 1.29 is 4.42 Å². The van der Waals surface area contributed by atoms with Crippen molar-refractivity contribution >= 4 is 32.8 Å². The Bertz CT molecular complexity index is 1440. The van der Waals surface area contributed by atoms with Gasteiger partial charge in [-0.2, -0.15) is 0 Å². The number of benzene rings is 3. The molecule has 3 nitrogen and oxygen atoms in total. The standard InChI is InChI=1S/C25H16N2O/c1-2-6-23-21(5-1)22-14-18-11-13-28-25(18)15-24(22)27(23)20-9-7-17(8-10-20)19-4-3-12-26-16-19/h1-16H. The van der Waals surface area contributed by atoms with Crippen LogP contribution < -0.4 is 0 Å². The molecule has 0 aliphatic carbocycles. The summed E-state index contributed by atoms with van der Waals surface area (Å²) in [6.07, 6.45) is 5.44. The second-order valence-electron chi connectivity index (χ2n) is 6.97. The molecular formula is C25H16N2O. The van der Waals surface area contributed by atoms with Crippen molar-refractivity contribution in [3.8, 4) is 16.8 Å². The Kier molecular flexibility index (Phi) is 3.17. The molecule has 0 saturated heterocycles. The lowest BCUT2D eigenvalue weighted by Crippen LogP contribution is -1.93. The third-order valence-corrected chi connectivity index (χ3v) is 5.37. The fraction of sp³-hybridized carbons (Fsp3) is 0. The van der Waals surface area contributed by atoms with E-state index in [1.807, 2.05) is 18.3 Å². The van der Waals surface area contributed by atoms with Gasteiger partial charge in [0.05, 0.1) is 17.3 Å². The number of para-hydroxylation sites is 1. The highest BCUT2D eigenvalue weighted by atomic mass is 16.3. The zero-order valence-electron chi connectivity index (χ0n) is 15.0. The number of hydrogen-bond acceptors (Lipinski definition) is 2. The summed E-state index contributed by atoms with van der Waals surface area (Å²) >= 11 is 0. The number of hydrogen-bond donors (Lipinski definition) is 0. The lowest BCUT2D eigenvalue weighted by Gasteiger charge is -2.09. The van der Waals surface area contributed by atoms with Gasteiger partial charge in [-0.15, -0.1) is 0 Å². The molecular weight excluding hydrogens is 344 g/mol. The Morgan fingerprint density at radius 1 is 0.714 bits per heavy atom. The molecule has 3 heteroatoms. The highest BCUT2D eigenvalue weighted by Crippen LogP contribution is 2.35. The van der Waals surface area contributed by atoms with Crippen molar-refractivity contribution in [2.45, 2.75) is 0 Å². The molecule has 3 heterocycles. The van der Waals surface area contributed by atoms with Gasteiger partial charge in [0.1, 0.15) is 5.58 Å². The van der Waals surface area contributed by atoms with Crippen LogP contribution in [0.2, 0.25) is 0 Å². The zero-order valence-corrected chi connectivity index (χ0v) is 15.0. The molecule has 0 saturated carbocycles. The number of pyridine rings is 1. The third-order valence-electron chi connectivity index (χ3n) is 5.37. The Labute approximate surface area is 161 Å². The summed E-state index contributed by atoms with van der Waals surface area (Å²) in [6.45, 7) is 0. The lowest BCUT2D eigenvalue weighted by molar-refractivity contribution is 0.616. The predicted molar refractivity (Wildman–Crippen MR) is 114 cm³/mol. The van der Waals surface area contributed by atoms with Crippen molar-refractivity contribution in [1.82, 2.24) is 9.55 Å². The van der Waals surface area contributed by atoms with Crippen molar-refractivity contribution in [2.75, 3.05) is 0 Å². The van der Waals surface area contributed by atoms with Gasteiger partial charge < -0.3 is 8.98 Å². The van der Waals surface area contributed by atoms with Gasteiger partial charge in [-0.1, -0.05) is 36.4 Å². The van der Waals surface area contributed by atoms with Crippen LogP contribution in [0, 0.1) is 0 Å². The molecule has 0 aliphatic rings. The van der Waals surface area contributed by atoms with Crippen LogP contribution in [0.1, 0.15) is 0 Å². The van der Waals surface area contributed by atoms with E-state index in [9.17, 15) is 0 Å². The number of nitrogens with zero attached hydrogens (tertiary/aromatic N) is 2. The van der Waals surface area contributed by atoms with Gasteiger partial charge in [0.25, 0.3) is 0 Å². The summed E-state index contributed by atoms with van der Waals surface area (Å²) in [5.74, 6) is 0. The summed E-state index contributed by atoms with van der Waals surface area (Å²) in [6, 6.07) is 27.6. The van der Waals surface area contributed by atoms with Gasteiger partial charge in [-0.05, 0) is 47.5 Å². The maximum atomic E-state index is 5.67. The molecule has 0 amide bonds. The number of fused-ring (bicyclic) bond motifs is 4. The van der Waals surface area contributed by atoms with E-state index in [1.54, 1.807) is 12.5 Å². The van der Waals surface area contributed by atoms with E-state index in [1.165, 1.54) is 16.3 Å². The number of aromatic nitrogens is 2. The Hall–Kier alpha value is -3.85. The summed E-state index contributed by atoms with van der Waals surface area (Å²) in [4.78, 5) is 4.22. The average Bonchev–Trinajstić information content (AvgIpc) is 3.35. The van der Waals surface area contributed by atoms with Gasteiger partial charge in [0.2, 0.25) is 0 Å². The van der Waals surface area contributed by atoms with Crippen LogP contribution in [0.25, 0.3) is 49.6 Å². The van der Waals surface area contributed by atoms with E-state index < -0.39 is 0 Å². The smallest absolute Gasteiger partial charge is 0.135 e. The summed E-state index contributed by atoms with van der Waals surface area (Å²) in [5, 5.41) is 3.61. The normalized spacial score (nSPS) is 11.6. The van der Waals surface area contributed by atoms with E-state index in [4.69, 9.17) is 4.42 Å². The predicted octanol–water partition coefficient (Wildman–Crippen LogP) is 6.59. The van der Waals surface area contributed by atoms with E-state index in [0.29, 0.717) is 0 Å². The minimum atomic E-state index is 0.906. The first-order valence-electron chi connectivity index (χ1n) is 9.30. The first-order chi connectivity index (χ1) is 13.9. The molecule has 6 rings (SSSR count). The second kappa shape index (κ2) is 5.83. The monoisotopic (exact) mass is 360 g/mol. The average molecular weight is 360 g/mol. The van der Waals surface area contributed by atoms with Crippen LogP contribution in [0.5, 0.6) is 0 Å². The molecule has 28 heavy (non-hydrogen) atoms. The van der Waals surface area contributed by atoms with Crippen molar-refractivity contribution in [3.63, 3.8) is 0 Å². The van der Waals surface area contributed by atoms with Gasteiger partial charge in [0, 0.05) is 40.3 Å². The Morgan fingerprint density at radius 2 is 1.61 bits per heavy atom. The van der Waals surface area contributed by atoms with E-state index in [0.717, 1.165) is 33.3 Å². The largest absolute Gasteiger partial charge is 0.464 e. The van der Waals surface area contributed by atoms with E-state index >= 15 is 0 Å². The fourth-order valence-corrected chi connectivity index (χ4v) is 4.04. The van der Waals surface area contributed by atoms with Crippen molar-refractivity contribution in [3.05, 3.63) is 97.5 Å². The summed E-state index contributed by atoms with van der Waals surface area (Å²) in [5.41, 5.74) is 6.66. The van der Waals surface area contributed by atoms with E-state index in [2.05, 4.69) is 76.3 Å². The minimum Gasteiger partial charge on any atom is -0.464 e. The molecule has 6 aromatic rings. The quantitative estimate of drug-likeness (QED) is 0.349. The second-order valence-corrected chi connectivity index (χ2v) is 6.97. The molecule has 3 aromatic heterocycles. The molecule has 3 aromatic carbocycles. The SMILES string of the molecule is c1cncc(-c2ccc(-n3c4ccccc4c4cc5ccoc5cc43)cc2)c1. The number of furan rings is 1. The molecule has 0 atom stereocenters. The lowest BCUT2D eigenvalue weighted by atomic mass is 10.1. The summed E-state index contributed by atoms with van der Waals surface area (Å²) in [7, 11) is 0. The molecule has 0 radical (unpaired) electrons. The fourth-order valence-electron chi connectivity index (χ4n) is 4.04. The van der Waals surface area contributed by atoms with Crippen LogP contribution in [0.4, 0.5) is 0 Å². The molecule has 0 fully saturated rings. The summed E-state index contributed by atoms with van der Waals surface area (Å²) < 4.78 is 7.97. The van der Waals surface area contributed by atoms with Gasteiger partial charge >= 0.3 is 0 Å². The molecule has 0 bridgehead atoms. The zero-order chi connectivity index (χ0) is 18.5. The van der Waals surface area contributed by atoms with Crippen LogP contribution in [-0.4, -0.2) is 9.55 Å². The highest BCUT2D eigenvalue weighted by molar-refractivity contribution is 6.12. The molecule has 132 valence electrons.